The topological polar surface area (TPSA) is 126 Å². The Morgan fingerprint density at radius 2 is 2.11 bits per heavy atom. The minimum atomic E-state index is -0.336. The zero-order valence-electron chi connectivity index (χ0n) is 14.7. The summed E-state index contributed by atoms with van der Waals surface area (Å²) in [7, 11) is 0. The van der Waals surface area contributed by atoms with E-state index in [0.717, 1.165) is 11.0 Å². The second-order valence-electron chi connectivity index (χ2n) is 6.17. The van der Waals surface area contributed by atoms with Crippen molar-refractivity contribution in [2.45, 2.75) is 19.9 Å². The Labute approximate surface area is 154 Å². The molecular weight excluding hydrogens is 346 g/mol. The lowest BCUT2D eigenvalue weighted by Crippen LogP contribution is -2.16. The summed E-state index contributed by atoms with van der Waals surface area (Å²) in [6, 6.07) is 10.8. The molecule has 0 radical (unpaired) electrons. The van der Waals surface area contributed by atoms with Gasteiger partial charge in [-0.05, 0) is 54.6 Å². The molecule has 3 heterocycles. The first kappa shape index (κ1) is 16.6. The highest BCUT2D eigenvalue weighted by atomic mass is 16.1. The molecule has 1 aromatic carbocycles. The fraction of sp³-hybridized carbons (Fsp3) is 0.176. The molecule has 0 aliphatic heterocycles. The van der Waals surface area contributed by atoms with Crippen molar-refractivity contribution in [2.24, 2.45) is 0 Å². The van der Waals surface area contributed by atoms with Crippen molar-refractivity contribution in [1.29, 1.82) is 0 Å². The Morgan fingerprint density at radius 1 is 1.22 bits per heavy atom. The number of carbonyl (C=O) groups is 1. The third-order valence-electron chi connectivity index (χ3n) is 3.73. The molecule has 1 amide bonds. The molecule has 136 valence electrons. The van der Waals surface area contributed by atoms with E-state index in [0.29, 0.717) is 17.3 Å². The van der Waals surface area contributed by atoms with Crippen LogP contribution in [0.1, 0.15) is 24.2 Å². The molecular formula is C17H17N9O. The van der Waals surface area contributed by atoms with E-state index in [9.17, 15) is 4.79 Å². The normalized spacial score (nSPS) is 11.1. The predicted octanol–water partition coefficient (Wildman–Crippen LogP) is 2.01. The second kappa shape index (κ2) is 6.83. The van der Waals surface area contributed by atoms with Gasteiger partial charge in [0.15, 0.2) is 5.82 Å². The lowest BCUT2D eigenvalue weighted by atomic mass is 10.2. The van der Waals surface area contributed by atoms with Crippen LogP contribution in [0.5, 0.6) is 0 Å². The summed E-state index contributed by atoms with van der Waals surface area (Å²) in [5.74, 6) is 1.02. The Bertz CT molecular complexity index is 1080. The van der Waals surface area contributed by atoms with Crippen LogP contribution in [-0.4, -0.2) is 47.1 Å². The first-order valence-corrected chi connectivity index (χ1v) is 8.37. The van der Waals surface area contributed by atoms with Crippen LogP contribution in [0.3, 0.4) is 0 Å². The minimum absolute atomic E-state index is 0.186. The zero-order valence-corrected chi connectivity index (χ0v) is 14.7. The van der Waals surface area contributed by atoms with Crippen LogP contribution in [0.15, 0.2) is 42.6 Å². The monoisotopic (exact) mass is 363 g/mol. The summed E-state index contributed by atoms with van der Waals surface area (Å²) in [6.45, 7) is 4.05. The molecule has 3 N–H and O–H groups in total. The zero-order chi connectivity index (χ0) is 18.8. The van der Waals surface area contributed by atoms with E-state index in [1.54, 1.807) is 36.5 Å². The molecule has 0 atom stereocenters. The molecule has 0 saturated heterocycles. The number of carbonyl (C=O) groups excluding carboxylic acids is 1. The molecule has 0 fully saturated rings. The van der Waals surface area contributed by atoms with E-state index in [1.165, 1.54) is 4.68 Å². The van der Waals surface area contributed by atoms with Gasteiger partial charge >= 0.3 is 0 Å². The smallest absolute Gasteiger partial charge is 0.258 e. The summed E-state index contributed by atoms with van der Waals surface area (Å²) in [6.07, 6.45) is 1.62. The van der Waals surface area contributed by atoms with Crippen molar-refractivity contribution < 1.29 is 4.79 Å². The molecule has 27 heavy (non-hydrogen) atoms. The number of amides is 1. The van der Waals surface area contributed by atoms with E-state index >= 15 is 0 Å². The second-order valence-corrected chi connectivity index (χ2v) is 6.17. The van der Waals surface area contributed by atoms with Crippen molar-refractivity contribution in [3.05, 3.63) is 48.2 Å². The van der Waals surface area contributed by atoms with Crippen LogP contribution in [0.4, 0.5) is 11.9 Å². The van der Waals surface area contributed by atoms with Gasteiger partial charge in [0.05, 0.1) is 11.0 Å². The van der Waals surface area contributed by atoms with Gasteiger partial charge in [-0.2, -0.15) is 4.68 Å². The molecule has 0 spiro atoms. The average Bonchev–Trinajstić information content (AvgIpc) is 3.27. The number of tetrazole rings is 1. The number of hydrogen-bond acceptors (Lipinski definition) is 7. The summed E-state index contributed by atoms with van der Waals surface area (Å²) < 4.78 is 1.36. The molecule has 10 heteroatoms. The van der Waals surface area contributed by atoms with E-state index in [4.69, 9.17) is 0 Å². The standard InChI is InChI=1S/C17H17N9O/c1-10(2)19-16-20-12-7-6-11(9-13(12)21-16)15(27)22-17-23-24-25-26(17)14-5-3-4-8-18-14/h3-10H,1-2H3,(H2,19,20,21)(H,22,23,25,27). The van der Waals surface area contributed by atoms with Crippen molar-refractivity contribution in [3.63, 3.8) is 0 Å². The number of rotatable bonds is 5. The van der Waals surface area contributed by atoms with Crippen LogP contribution in [0.25, 0.3) is 16.9 Å². The summed E-state index contributed by atoms with van der Waals surface area (Å²) in [5, 5.41) is 17.2. The molecule has 4 aromatic rings. The molecule has 0 saturated carbocycles. The minimum Gasteiger partial charge on any atom is -0.354 e. The van der Waals surface area contributed by atoms with E-state index < -0.39 is 0 Å². The van der Waals surface area contributed by atoms with Gasteiger partial charge in [-0.1, -0.05) is 11.2 Å². The van der Waals surface area contributed by atoms with Crippen LogP contribution < -0.4 is 10.6 Å². The van der Waals surface area contributed by atoms with Crippen LogP contribution in [-0.2, 0) is 0 Å². The fourth-order valence-electron chi connectivity index (χ4n) is 2.56. The quantitative estimate of drug-likeness (QED) is 0.495. The first-order chi connectivity index (χ1) is 13.1. The molecule has 10 nitrogen and oxygen atoms in total. The number of imidazole rings is 1. The molecule has 0 aliphatic rings. The highest BCUT2D eigenvalue weighted by molar-refractivity contribution is 6.05. The number of H-pyrrole nitrogens is 1. The lowest BCUT2D eigenvalue weighted by molar-refractivity contribution is 0.102. The average molecular weight is 363 g/mol. The van der Waals surface area contributed by atoms with Crippen molar-refractivity contribution in [2.75, 3.05) is 10.6 Å². The predicted molar refractivity (Wildman–Crippen MR) is 99.8 cm³/mol. The molecule has 3 aromatic heterocycles. The van der Waals surface area contributed by atoms with Crippen molar-refractivity contribution >= 4 is 28.8 Å². The number of aromatic nitrogens is 7. The Morgan fingerprint density at radius 3 is 2.89 bits per heavy atom. The number of aromatic amines is 1. The number of anilines is 2. The third-order valence-corrected chi connectivity index (χ3v) is 3.73. The highest BCUT2D eigenvalue weighted by Crippen LogP contribution is 2.18. The molecule has 0 bridgehead atoms. The maximum absolute atomic E-state index is 12.6. The van der Waals surface area contributed by atoms with Gasteiger partial charge in [-0.15, -0.1) is 0 Å². The largest absolute Gasteiger partial charge is 0.354 e. The molecule has 0 unspecified atom stereocenters. The number of pyridine rings is 1. The van der Waals surface area contributed by atoms with E-state index in [2.05, 4.69) is 41.1 Å². The number of hydrogen-bond donors (Lipinski definition) is 3. The number of nitrogens with zero attached hydrogens (tertiary/aromatic N) is 6. The SMILES string of the molecule is CC(C)Nc1nc2ccc(C(=O)Nc3nnnn3-c3ccccn3)cc2[nH]1. The van der Waals surface area contributed by atoms with Gasteiger partial charge in [0.1, 0.15) is 0 Å². The van der Waals surface area contributed by atoms with E-state index in [-0.39, 0.29) is 17.9 Å². The number of fused-ring (bicyclic) bond motifs is 1. The Balaban J connectivity index is 1.58. The number of nitrogens with one attached hydrogen (secondary N) is 3. The maximum atomic E-state index is 12.6. The van der Waals surface area contributed by atoms with Crippen molar-refractivity contribution in [3.8, 4) is 5.82 Å². The van der Waals surface area contributed by atoms with E-state index in [1.807, 2.05) is 19.9 Å². The Hall–Kier alpha value is -3.82. The highest BCUT2D eigenvalue weighted by Gasteiger charge is 2.15. The van der Waals surface area contributed by atoms with Gasteiger partial charge in [0.25, 0.3) is 11.9 Å². The van der Waals surface area contributed by atoms with Gasteiger partial charge in [0.2, 0.25) is 5.95 Å². The first-order valence-electron chi connectivity index (χ1n) is 8.37. The fourth-order valence-corrected chi connectivity index (χ4v) is 2.56. The van der Waals surface area contributed by atoms with Crippen LogP contribution in [0.2, 0.25) is 0 Å². The summed E-state index contributed by atoms with van der Waals surface area (Å²) in [5.41, 5.74) is 1.99. The van der Waals surface area contributed by atoms with Crippen LogP contribution >= 0.6 is 0 Å². The lowest BCUT2D eigenvalue weighted by Gasteiger charge is -2.05. The van der Waals surface area contributed by atoms with Gasteiger partial charge < -0.3 is 10.3 Å². The van der Waals surface area contributed by atoms with Crippen molar-refractivity contribution in [1.82, 2.24) is 35.2 Å². The van der Waals surface area contributed by atoms with Crippen LogP contribution in [0, 0.1) is 0 Å². The maximum Gasteiger partial charge on any atom is 0.258 e. The Kier molecular flexibility index (Phi) is 4.21. The molecule has 0 aliphatic carbocycles. The van der Waals surface area contributed by atoms with Gasteiger partial charge in [-0.25, -0.2) is 9.97 Å². The summed E-state index contributed by atoms with van der Waals surface area (Å²) >= 11 is 0. The summed E-state index contributed by atoms with van der Waals surface area (Å²) in [4.78, 5) is 24.4. The number of benzene rings is 1. The van der Waals surface area contributed by atoms with Gasteiger partial charge in [0, 0.05) is 17.8 Å². The third kappa shape index (κ3) is 3.45. The van der Waals surface area contributed by atoms with Gasteiger partial charge in [-0.3, -0.25) is 10.1 Å². The molecule has 4 rings (SSSR count).